The van der Waals surface area contributed by atoms with E-state index in [0.29, 0.717) is 6.54 Å². The highest BCUT2D eigenvalue weighted by Crippen LogP contribution is 2.28. The molecule has 0 aliphatic rings. The van der Waals surface area contributed by atoms with Crippen LogP contribution in [0.2, 0.25) is 0 Å². The Morgan fingerprint density at radius 2 is 2.05 bits per heavy atom. The Morgan fingerprint density at radius 1 is 1.37 bits per heavy atom. The smallest absolute Gasteiger partial charge is 0.148 e. The molecule has 0 saturated carbocycles. The molecule has 104 valence electrons. The molecule has 0 bridgehead atoms. The average molecular weight is 298 g/mol. The van der Waals surface area contributed by atoms with Crippen LogP contribution in [0.1, 0.15) is 18.0 Å². The lowest BCUT2D eigenvalue weighted by Crippen LogP contribution is -2.28. The molecule has 0 aliphatic carbocycles. The molecular weight excluding hydrogens is 280 g/mol. The first-order chi connectivity index (χ1) is 8.87. The van der Waals surface area contributed by atoms with Crippen molar-refractivity contribution >= 4 is 31.4 Å². The van der Waals surface area contributed by atoms with E-state index in [4.69, 9.17) is 0 Å². The minimum atomic E-state index is -2.92. The van der Waals surface area contributed by atoms with Crippen LogP contribution >= 0.6 is 11.3 Å². The molecule has 19 heavy (non-hydrogen) atoms. The maximum absolute atomic E-state index is 11.2. The lowest BCUT2D eigenvalue weighted by molar-refractivity contribution is 0.276. The van der Waals surface area contributed by atoms with Crippen molar-refractivity contribution < 1.29 is 8.42 Å². The number of aromatic nitrogens is 1. The summed E-state index contributed by atoms with van der Waals surface area (Å²) in [6.07, 6.45) is 1.27. The first kappa shape index (κ1) is 14.4. The second-order valence-electron chi connectivity index (χ2n) is 4.81. The summed E-state index contributed by atoms with van der Waals surface area (Å²) in [4.78, 5) is 6.63. The van der Waals surface area contributed by atoms with Gasteiger partial charge in [0, 0.05) is 12.8 Å². The highest BCUT2D eigenvalue weighted by atomic mass is 32.2. The van der Waals surface area contributed by atoms with Crippen molar-refractivity contribution in [1.82, 2.24) is 9.88 Å². The maximum Gasteiger partial charge on any atom is 0.148 e. The third-order valence-electron chi connectivity index (χ3n) is 3.14. The maximum atomic E-state index is 11.2. The van der Waals surface area contributed by atoms with Crippen LogP contribution in [-0.2, 0) is 9.84 Å². The van der Waals surface area contributed by atoms with Gasteiger partial charge in [-0.25, -0.2) is 13.4 Å². The number of benzene rings is 1. The van der Waals surface area contributed by atoms with Crippen LogP contribution < -0.4 is 0 Å². The molecule has 1 aromatic carbocycles. The van der Waals surface area contributed by atoms with Crippen molar-refractivity contribution in [3.63, 3.8) is 0 Å². The molecule has 4 nitrogen and oxygen atoms in total. The van der Waals surface area contributed by atoms with Gasteiger partial charge in [-0.15, -0.1) is 11.3 Å². The van der Waals surface area contributed by atoms with E-state index in [1.807, 2.05) is 30.1 Å². The fraction of sp³-hybridized carbons (Fsp3) is 0.462. The van der Waals surface area contributed by atoms with Crippen molar-refractivity contribution in [2.45, 2.75) is 13.0 Å². The first-order valence-corrected chi connectivity index (χ1v) is 8.98. The monoisotopic (exact) mass is 298 g/mol. The number of hydrogen-bond donors (Lipinski definition) is 0. The summed E-state index contributed by atoms with van der Waals surface area (Å²) in [6, 6.07) is 8.16. The summed E-state index contributed by atoms with van der Waals surface area (Å²) >= 11 is 1.66. The average Bonchev–Trinajstić information content (AvgIpc) is 2.77. The van der Waals surface area contributed by atoms with Crippen molar-refractivity contribution in [1.29, 1.82) is 0 Å². The molecule has 0 spiro atoms. The SMILES string of the molecule is C[C@@H](c1nc2ccccc2s1)N(C)CCS(C)(=O)=O. The summed E-state index contributed by atoms with van der Waals surface area (Å²) in [7, 11) is -0.986. The van der Waals surface area contributed by atoms with E-state index >= 15 is 0 Å². The largest absolute Gasteiger partial charge is 0.296 e. The molecular formula is C13H18N2O2S2. The summed E-state index contributed by atoms with van der Waals surface area (Å²) < 4.78 is 23.6. The van der Waals surface area contributed by atoms with E-state index in [0.717, 1.165) is 10.5 Å². The van der Waals surface area contributed by atoms with E-state index in [9.17, 15) is 8.42 Å². The normalized spacial score (nSPS) is 14.1. The van der Waals surface area contributed by atoms with Gasteiger partial charge in [0.1, 0.15) is 14.8 Å². The van der Waals surface area contributed by atoms with E-state index in [2.05, 4.69) is 18.0 Å². The highest BCUT2D eigenvalue weighted by Gasteiger charge is 2.17. The molecule has 0 fully saturated rings. The molecule has 0 amide bonds. The fourth-order valence-electron chi connectivity index (χ4n) is 1.76. The molecule has 6 heteroatoms. The van der Waals surface area contributed by atoms with Gasteiger partial charge in [0.2, 0.25) is 0 Å². The molecule has 2 rings (SSSR count). The van der Waals surface area contributed by atoms with Crippen LogP contribution in [0.4, 0.5) is 0 Å². The number of hydrogen-bond acceptors (Lipinski definition) is 5. The van der Waals surface area contributed by atoms with Gasteiger partial charge < -0.3 is 0 Å². The van der Waals surface area contributed by atoms with Crippen LogP contribution in [0.3, 0.4) is 0 Å². The summed E-state index contributed by atoms with van der Waals surface area (Å²) in [6.45, 7) is 2.58. The van der Waals surface area contributed by atoms with Gasteiger partial charge in [0.15, 0.2) is 0 Å². The lowest BCUT2D eigenvalue weighted by atomic mass is 10.3. The highest BCUT2D eigenvalue weighted by molar-refractivity contribution is 7.90. The molecule has 0 unspecified atom stereocenters. The van der Waals surface area contributed by atoms with Gasteiger partial charge >= 0.3 is 0 Å². The van der Waals surface area contributed by atoms with Crippen molar-refractivity contribution in [3.8, 4) is 0 Å². The van der Waals surface area contributed by atoms with Gasteiger partial charge in [-0.3, -0.25) is 4.90 Å². The minimum Gasteiger partial charge on any atom is -0.296 e. The molecule has 2 aromatic rings. The summed E-state index contributed by atoms with van der Waals surface area (Å²) in [5, 5.41) is 1.03. The third kappa shape index (κ3) is 3.75. The minimum absolute atomic E-state index is 0.124. The van der Waals surface area contributed by atoms with Crippen molar-refractivity contribution in [2.75, 3.05) is 25.6 Å². The topological polar surface area (TPSA) is 50.3 Å². The van der Waals surface area contributed by atoms with Gasteiger partial charge in [0.25, 0.3) is 0 Å². The van der Waals surface area contributed by atoms with Crippen LogP contribution in [0.5, 0.6) is 0 Å². The molecule has 1 atom stereocenters. The van der Waals surface area contributed by atoms with E-state index in [-0.39, 0.29) is 11.8 Å². The first-order valence-electron chi connectivity index (χ1n) is 6.10. The Kier molecular flexibility index (Phi) is 4.23. The third-order valence-corrected chi connectivity index (χ3v) is 5.27. The molecule has 0 N–H and O–H groups in total. The Bertz CT molecular complexity index is 631. The standard InChI is InChI=1S/C13H18N2O2S2/c1-10(15(2)8-9-19(3,16)17)13-14-11-6-4-5-7-12(11)18-13/h4-7,10H,8-9H2,1-3H3/t10-/m0/s1. The number of nitrogens with zero attached hydrogens (tertiary/aromatic N) is 2. The molecule has 0 radical (unpaired) electrons. The van der Waals surface area contributed by atoms with E-state index < -0.39 is 9.84 Å². The second kappa shape index (κ2) is 5.56. The summed E-state index contributed by atoms with van der Waals surface area (Å²) in [5.74, 6) is 0.179. The second-order valence-corrected chi connectivity index (χ2v) is 8.13. The van der Waals surface area contributed by atoms with Gasteiger partial charge in [0.05, 0.1) is 22.0 Å². The summed E-state index contributed by atoms with van der Waals surface area (Å²) in [5.41, 5.74) is 1.01. The van der Waals surface area contributed by atoms with Crippen LogP contribution in [0.25, 0.3) is 10.2 Å². The van der Waals surface area contributed by atoms with E-state index in [1.54, 1.807) is 11.3 Å². The Morgan fingerprint density at radius 3 is 2.68 bits per heavy atom. The quantitative estimate of drug-likeness (QED) is 0.850. The Labute approximate surface area is 118 Å². The molecule has 0 aliphatic heterocycles. The van der Waals surface area contributed by atoms with Crippen LogP contribution in [0, 0.1) is 0 Å². The Balaban J connectivity index is 2.12. The number of sulfone groups is 1. The van der Waals surface area contributed by atoms with Gasteiger partial charge in [-0.2, -0.15) is 0 Å². The zero-order valence-electron chi connectivity index (χ0n) is 11.3. The predicted molar refractivity (Wildman–Crippen MR) is 80.4 cm³/mol. The van der Waals surface area contributed by atoms with E-state index in [1.165, 1.54) is 11.0 Å². The lowest BCUT2D eigenvalue weighted by Gasteiger charge is -2.22. The Hall–Kier alpha value is -0.980. The van der Waals surface area contributed by atoms with Crippen molar-refractivity contribution in [3.05, 3.63) is 29.3 Å². The predicted octanol–water partition coefficient (Wildman–Crippen LogP) is 2.33. The fourth-order valence-corrected chi connectivity index (χ4v) is 3.47. The number of fused-ring (bicyclic) bond motifs is 1. The van der Waals surface area contributed by atoms with Crippen molar-refractivity contribution in [2.24, 2.45) is 0 Å². The van der Waals surface area contributed by atoms with Gasteiger partial charge in [-0.1, -0.05) is 12.1 Å². The molecule has 1 aromatic heterocycles. The number of para-hydroxylation sites is 1. The number of rotatable bonds is 5. The zero-order valence-corrected chi connectivity index (χ0v) is 13.0. The van der Waals surface area contributed by atoms with Crippen LogP contribution in [0.15, 0.2) is 24.3 Å². The van der Waals surface area contributed by atoms with Crippen LogP contribution in [-0.4, -0.2) is 43.9 Å². The molecule has 0 saturated heterocycles. The molecule has 1 heterocycles. The number of thiazole rings is 1. The van der Waals surface area contributed by atoms with Gasteiger partial charge in [-0.05, 0) is 26.1 Å². The zero-order chi connectivity index (χ0) is 14.0.